The number of aromatic amines is 1. The second-order valence-corrected chi connectivity index (χ2v) is 3.37. The van der Waals surface area contributed by atoms with E-state index in [1.165, 1.54) is 7.11 Å². The minimum atomic E-state index is -0.480. The van der Waals surface area contributed by atoms with Crippen LogP contribution >= 0.6 is 0 Å². The molecule has 3 heteroatoms. The molecule has 0 unspecified atom stereocenters. The number of hydrogen-bond donors (Lipinski definition) is 1. The summed E-state index contributed by atoms with van der Waals surface area (Å²) in [5.41, 5.74) is 1.88. The molecule has 0 aliphatic heterocycles. The summed E-state index contributed by atoms with van der Waals surface area (Å²) in [6.45, 7) is 3.81. The van der Waals surface area contributed by atoms with E-state index in [1.54, 1.807) is 6.20 Å². The Morgan fingerprint density at radius 2 is 2.20 bits per heavy atom. The predicted molar refractivity (Wildman–Crippen MR) is 58.4 cm³/mol. The molecule has 0 aliphatic rings. The molecule has 1 aromatic carbocycles. The smallest absolute Gasteiger partial charge is 0.313 e. The largest absolute Gasteiger partial charge is 0.469 e. The molecule has 1 radical (unpaired) electrons. The maximum Gasteiger partial charge on any atom is 0.313 e. The Hall–Kier alpha value is -1.77. The van der Waals surface area contributed by atoms with Crippen LogP contribution in [-0.4, -0.2) is 18.1 Å². The number of esters is 1. The second kappa shape index (κ2) is 3.77. The highest BCUT2D eigenvalue weighted by Crippen LogP contribution is 2.25. The summed E-state index contributed by atoms with van der Waals surface area (Å²) in [5, 5.41) is 1.02. The van der Waals surface area contributed by atoms with Gasteiger partial charge in [0, 0.05) is 17.1 Å². The zero-order valence-corrected chi connectivity index (χ0v) is 8.49. The number of rotatable bonds is 2. The number of aromatic nitrogens is 1. The van der Waals surface area contributed by atoms with Crippen molar-refractivity contribution in [2.75, 3.05) is 7.11 Å². The lowest BCUT2D eigenvalue weighted by atomic mass is 10.0. The number of hydrogen-bond acceptors (Lipinski definition) is 2. The van der Waals surface area contributed by atoms with Crippen molar-refractivity contribution >= 4 is 16.9 Å². The summed E-state index contributed by atoms with van der Waals surface area (Å²) in [6.07, 6.45) is 1.80. The first-order valence-corrected chi connectivity index (χ1v) is 4.71. The third-order valence-corrected chi connectivity index (χ3v) is 2.48. The Morgan fingerprint density at radius 3 is 2.93 bits per heavy atom. The number of benzene rings is 1. The summed E-state index contributed by atoms with van der Waals surface area (Å²) >= 11 is 0. The number of carbonyl (C=O) groups is 1. The van der Waals surface area contributed by atoms with Crippen LogP contribution in [0.3, 0.4) is 0 Å². The van der Waals surface area contributed by atoms with Crippen LogP contribution < -0.4 is 0 Å². The highest BCUT2D eigenvalue weighted by molar-refractivity contribution is 5.90. The molecule has 77 valence electrons. The number of H-pyrrole nitrogens is 1. The van der Waals surface area contributed by atoms with Crippen molar-refractivity contribution in [2.24, 2.45) is 0 Å². The SMILES string of the molecule is [CH2][C@@H](C(=O)OC)c1c[nH]c2ccccc12. The molecule has 2 rings (SSSR count). The van der Waals surface area contributed by atoms with Crippen LogP contribution in [0.5, 0.6) is 0 Å². The van der Waals surface area contributed by atoms with E-state index in [-0.39, 0.29) is 5.97 Å². The van der Waals surface area contributed by atoms with Gasteiger partial charge in [0.05, 0.1) is 13.0 Å². The molecule has 2 aromatic rings. The Balaban J connectivity index is 2.48. The first kappa shape index (κ1) is 9.77. The van der Waals surface area contributed by atoms with Gasteiger partial charge in [0.2, 0.25) is 0 Å². The highest BCUT2D eigenvalue weighted by atomic mass is 16.5. The first-order chi connectivity index (χ1) is 7.24. The summed E-state index contributed by atoms with van der Waals surface area (Å²) in [6, 6.07) is 7.80. The van der Waals surface area contributed by atoms with Crippen molar-refractivity contribution in [1.82, 2.24) is 4.98 Å². The fourth-order valence-corrected chi connectivity index (χ4v) is 1.65. The van der Waals surface area contributed by atoms with Crippen LogP contribution in [0.4, 0.5) is 0 Å². The van der Waals surface area contributed by atoms with Gasteiger partial charge in [-0.15, -0.1) is 0 Å². The molecule has 0 saturated carbocycles. The third kappa shape index (κ3) is 1.61. The topological polar surface area (TPSA) is 42.1 Å². The molecule has 1 atom stereocenters. The van der Waals surface area contributed by atoms with Crippen molar-refractivity contribution < 1.29 is 9.53 Å². The normalized spacial score (nSPS) is 12.7. The fourth-order valence-electron chi connectivity index (χ4n) is 1.65. The molecule has 15 heavy (non-hydrogen) atoms. The molecular formula is C12H12NO2. The number of methoxy groups -OCH3 is 1. The Bertz CT molecular complexity index is 487. The minimum Gasteiger partial charge on any atom is -0.469 e. The lowest BCUT2D eigenvalue weighted by Crippen LogP contribution is -2.10. The summed E-state index contributed by atoms with van der Waals surface area (Å²) < 4.78 is 4.67. The van der Waals surface area contributed by atoms with Crippen molar-refractivity contribution in [3.8, 4) is 0 Å². The molecule has 1 heterocycles. The monoisotopic (exact) mass is 202 g/mol. The standard InChI is InChI=1S/C12H12NO2/c1-8(12(14)15-2)10-7-13-11-6-4-3-5-9(10)11/h3-8,13H,1H2,2H3/t8-/m1/s1. The summed E-state index contributed by atoms with van der Waals surface area (Å²) in [5.74, 6) is -0.800. The number of ether oxygens (including phenoxy) is 1. The van der Waals surface area contributed by atoms with Crippen LogP contribution in [0.1, 0.15) is 11.5 Å². The van der Waals surface area contributed by atoms with Crippen LogP contribution in [0.15, 0.2) is 30.5 Å². The fraction of sp³-hybridized carbons (Fsp3) is 0.167. The molecular weight excluding hydrogens is 190 g/mol. The molecule has 0 fully saturated rings. The van der Waals surface area contributed by atoms with E-state index in [4.69, 9.17) is 0 Å². The lowest BCUT2D eigenvalue weighted by molar-refractivity contribution is -0.141. The van der Waals surface area contributed by atoms with Crippen LogP contribution in [0.2, 0.25) is 0 Å². The molecule has 0 aliphatic carbocycles. The number of carbonyl (C=O) groups excluding carboxylic acids is 1. The van der Waals surface area contributed by atoms with Gasteiger partial charge in [-0.1, -0.05) is 18.2 Å². The number of para-hydroxylation sites is 1. The minimum absolute atomic E-state index is 0.320. The van der Waals surface area contributed by atoms with Gasteiger partial charge in [0.1, 0.15) is 0 Å². The van der Waals surface area contributed by atoms with Gasteiger partial charge in [0.15, 0.2) is 0 Å². The van der Waals surface area contributed by atoms with E-state index < -0.39 is 5.92 Å². The average molecular weight is 202 g/mol. The molecule has 3 nitrogen and oxygen atoms in total. The molecule has 0 spiro atoms. The maximum atomic E-state index is 11.4. The van der Waals surface area contributed by atoms with Gasteiger partial charge in [0.25, 0.3) is 0 Å². The lowest BCUT2D eigenvalue weighted by Gasteiger charge is -2.07. The van der Waals surface area contributed by atoms with Gasteiger partial charge in [-0.05, 0) is 18.6 Å². The van der Waals surface area contributed by atoms with Gasteiger partial charge >= 0.3 is 5.97 Å². The van der Waals surface area contributed by atoms with Crippen molar-refractivity contribution in [3.63, 3.8) is 0 Å². The van der Waals surface area contributed by atoms with Crippen molar-refractivity contribution in [3.05, 3.63) is 42.9 Å². The zero-order valence-electron chi connectivity index (χ0n) is 8.49. The van der Waals surface area contributed by atoms with Crippen LogP contribution in [0, 0.1) is 6.92 Å². The molecule has 1 aromatic heterocycles. The second-order valence-electron chi connectivity index (χ2n) is 3.37. The molecule has 0 bridgehead atoms. The quantitative estimate of drug-likeness (QED) is 0.759. The molecule has 1 N–H and O–H groups in total. The Morgan fingerprint density at radius 1 is 1.47 bits per heavy atom. The van der Waals surface area contributed by atoms with E-state index in [2.05, 4.69) is 16.6 Å². The first-order valence-electron chi connectivity index (χ1n) is 4.71. The third-order valence-electron chi connectivity index (χ3n) is 2.48. The zero-order chi connectivity index (χ0) is 10.8. The number of nitrogens with one attached hydrogen (secondary N) is 1. The van der Waals surface area contributed by atoms with Gasteiger partial charge < -0.3 is 9.72 Å². The van der Waals surface area contributed by atoms with Crippen LogP contribution in [-0.2, 0) is 9.53 Å². The van der Waals surface area contributed by atoms with Crippen molar-refractivity contribution in [2.45, 2.75) is 5.92 Å². The molecule has 0 saturated heterocycles. The average Bonchev–Trinajstić information content (AvgIpc) is 2.70. The van der Waals surface area contributed by atoms with E-state index in [1.807, 2.05) is 24.3 Å². The van der Waals surface area contributed by atoms with E-state index in [9.17, 15) is 4.79 Å². The Kier molecular flexibility index (Phi) is 2.46. The van der Waals surface area contributed by atoms with E-state index in [0.29, 0.717) is 0 Å². The van der Waals surface area contributed by atoms with E-state index in [0.717, 1.165) is 16.5 Å². The predicted octanol–water partition coefficient (Wildman–Crippen LogP) is 2.26. The van der Waals surface area contributed by atoms with Crippen molar-refractivity contribution in [1.29, 1.82) is 0 Å². The number of fused-ring (bicyclic) bond motifs is 1. The van der Waals surface area contributed by atoms with Gasteiger partial charge in [-0.2, -0.15) is 0 Å². The highest BCUT2D eigenvalue weighted by Gasteiger charge is 2.18. The molecule has 0 amide bonds. The Labute approximate surface area is 88.1 Å². The summed E-state index contributed by atoms with van der Waals surface area (Å²) in [4.78, 5) is 14.5. The van der Waals surface area contributed by atoms with Gasteiger partial charge in [-0.25, -0.2) is 0 Å². The van der Waals surface area contributed by atoms with E-state index >= 15 is 0 Å². The van der Waals surface area contributed by atoms with Gasteiger partial charge in [-0.3, -0.25) is 4.79 Å². The summed E-state index contributed by atoms with van der Waals surface area (Å²) in [7, 11) is 1.37. The van der Waals surface area contributed by atoms with Crippen LogP contribution in [0.25, 0.3) is 10.9 Å². The maximum absolute atomic E-state index is 11.4.